The zero-order chi connectivity index (χ0) is 33.9. The molecule has 1 unspecified atom stereocenters. The molecule has 0 amide bonds. The van der Waals surface area contributed by atoms with Gasteiger partial charge in [0.1, 0.15) is 11.2 Å². The number of furan rings is 1. The monoisotopic (exact) mass is 653 g/mol. The average molecular weight is 654 g/mol. The van der Waals surface area contributed by atoms with E-state index < -0.39 is 0 Å². The third-order valence-electron chi connectivity index (χ3n) is 10.7. The molecular formula is C49H35NO. The molecule has 1 atom stereocenters. The van der Waals surface area contributed by atoms with Gasteiger partial charge in [-0.05, 0) is 122 Å². The van der Waals surface area contributed by atoms with E-state index in [0.29, 0.717) is 5.92 Å². The number of anilines is 3. The molecule has 0 N–H and O–H groups in total. The number of allylic oxidation sites excluding steroid dienone is 1. The molecule has 0 bridgehead atoms. The number of rotatable bonds is 5. The van der Waals surface area contributed by atoms with E-state index in [9.17, 15) is 0 Å². The van der Waals surface area contributed by atoms with E-state index in [1.54, 1.807) is 0 Å². The molecular weight excluding hydrogens is 619 g/mol. The lowest BCUT2D eigenvalue weighted by molar-refractivity contribution is 0.669. The van der Waals surface area contributed by atoms with Gasteiger partial charge in [0.05, 0.1) is 0 Å². The summed E-state index contributed by atoms with van der Waals surface area (Å²) in [6, 6.07) is 59.4. The van der Waals surface area contributed by atoms with Crippen molar-refractivity contribution in [3.63, 3.8) is 0 Å². The van der Waals surface area contributed by atoms with Crippen molar-refractivity contribution in [2.75, 3.05) is 4.90 Å². The van der Waals surface area contributed by atoms with Crippen LogP contribution >= 0.6 is 0 Å². The van der Waals surface area contributed by atoms with Crippen LogP contribution in [0.25, 0.3) is 71.8 Å². The van der Waals surface area contributed by atoms with Gasteiger partial charge in [0.25, 0.3) is 0 Å². The van der Waals surface area contributed by atoms with E-state index >= 15 is 0 Å². The molecule has 2 nitrogen and oxygen atoms in total. The van der Waals surface area contributed by atoms with Crippen LogP contribution in [0.15, 0.2) is 174 Å². The summed E-state index contributed by atoms with van der Waals surface area (Å²) in [5.41, 5.74) is 12.8. The SMILES string of the molecule is CC1CC=Cc2c1ccc1ccc(N(c3ccc(-c4ccc5ccc6oc7ccccc7c6c5c4)cc3)c3cccc(-c4ccccc4)c3)cc21. The lowest BCUT2D eigenvalue weighted by atomic mass is 9.85. The van der Waals surface area contributed by atoms with Gasteiger partial charge in [0.15, 0.2) is 0 Å². The molecule has 9 aromatic rings. The third kappa shape index (κ3) is 5.03. The van der Waals surface area contributed by atoms with Crippen LogP contribution in [0, 0.1) is 0 Å². The summed E-state index contributed by atoms with van der Waals surface area (Å²) in [7, 11) is 0. The maximum atomic E-state index is 6.22. The summed E-state index contributed by atoms with van der Waals surface area (Å²) in [5.74, 6) is 0.516. The molecule has 1 heterocycles. The maximum absolute atomic E-state index is 6.22. The first-order chi connectivity index (χ1) is 25.2. The van der Waals surface area contributed by atoms with E-state index in [2.05, 4.69) is 176 Å². The normalized spacial score (nSPS) is 14.0. The molecule has 8 aromatic carbocycles. The van der Waals surface area contributed by atoms with Gasteiger partial charge in [-0.25, -0.2) is 0 Å². The van der Waals surface area contributed by atoms with Crippen molar-refractivity contribution in [3.05, 3.63) is 181 Å². The van der Waals surface area contributed by atoms with Crippen LogP contribution in [0.5, 0.6) is 0 Å². The highest BCUT2D eigenvalue weighted by atomic mass is 16.3. The number of benzene rings is 8. The Morgan fingerprint density at radius 1 is 0.490 bits per heavy atom. The topological polar surface area (TPSA) is 16.4 Å². The lowest BCUT2D eigenvalue weighted by Crippen LogP contribution is -2.10. The van der Waals surface area contributed by atoms with Gasteiger partial charge in [-0.1, -0.05) is 128 Å². The molecule has 0 saturated carbocycles. The second kappa shape index (κ2) is 11.9. The molecule has 0 spiro atoms. The largest absolute Gasteiger partial charge is 0.456 e. The van der Waals surface area contributed by atoms with Crippen LogP contribution in [-0.4, -0.2) is 0 Å². The Morgan fingerprint density at radius 3 is 2.06 bits per heavy atom. The Balaban J connectivity index is 1.11. The molecule has 51 heavy (non-hydrogen) atoms. The molecule has 1 aliphatic rings. The second-order valence-corrected chi connectivity index (χ2v) is 13.8. The molecule has 1 aromatic heterocycles. The Labute approximate surface area is 297 Å². The van der Waals surface area contributed by atoms with E-state index in [4.69, 9.17) is 4.42 Å². The number of nitrogens with zero attached hydrogens (tertiary/aromatic N) is 1. The highest BCUT2D eigenvalue weighted by Gasteiger charge is 2.19. The summed E-state index contributed by atoms with van der Waals surface area (Å²) in [4.78, 5) is 2.40. The summed E-state index contributed by atoms with van der Waals surface area (Å²) in [5, 5.41) is 7.31. The molecule has 0 fully saturated rings. The fourth-order valence-corrected chi connectivity index (χ4v) is 8.05. The van der Waals surface area contributed by atoms with Crippen LogP contribution in [0.4, 0.5) is 17.1 Å². The minimum absolute atomic E-state index is 0.516. The van der Waals surface area contributed by atoms with E-state index in [1.807, 2.05) is 12.1 Å². The van der Waals surface area contributed by atoms with Gasteiger partial charge in [-0.3, -0.25) is 0 Å². The highest BCUT2D eigenvalue weighted by Crippen LogP contribution is 2.42. The van der Waals surface area contributed by atoms with Crippen LogP contribution in [0.1, 0.15) is 30.4 Å². The first-order valence-corrected chi connectivity index (χ1v) is 17.8. The van der Waals surface area contributed by atoms with Crippen LogP contribution in [-0.2, 0) is 0 Å². The molecule has 10 rings (SSSR count). The van der Waals surface area contributed by atoms with Gasteiger partial charge in [0.2, 0.25) is 0 Å². The number of hydrogen-bond acceptors (Lipinski definition) is 2. The number of para-hydroxylation sites is 1. The molecule has 242 valence electrons. The quantitative estimate of drug-likeness (QED) is 0.184. The Hall–Kier alpha value is -6.38. The Morgan fingerprint density at radius 2 is 1.16 bits per heavy atom. The van der Waals surface area contributed by atoms with Gasteiger partial charge >= 0.3 is 0 Å². The smallest absolute Gasteiger partial charge is 0.136 e. The summed E-state index contributed by atoms with van der Waals surface area (Å²) >= 11 is 0. The summed E-state index contributed by atoms with van der Waals surface area (Å²) < 4.78 is 6.22. The fourth-order valence-electron chi connectivity index (χ4n) is 8.05. The van der Waals surface area contributed by atoms with Crippen molar-refractivity contribution < 1.29 is 4.42 Å². The summed E-state index contributed by atoms with van der Waals surface area (Å²) in [6.07, 6.45) is 5.73. The summed E-state index contributed by atoms with van der Waals surface area (Å²) in [6.45, 7) is 2.33. The predicted molar refractivity (Wildman–Crippen MR) is 216 cm³/mol. The van der Waals surface area contributed by atoms with Gasteiger partial charge in [0, 0.05) is 27.8 Å². The molecule has 2 heteroatoms. The standard InChI is InChI=1S/C49H35NO/c1-32-9-7-15-43-42(32)27-22-35-21-26-41(31-45(35)43)50(40-13-8-12-37(29-40)33-10-3-2-4-11-33)39-24-19-34(20-25-39)38-18-17-36-23-28-48-49(46(36)30-38)44-14-5-6-16-47(44)51-48/h2-8,10-32H,9H2,1H3. The minimum atomic E-state index is 0.516. The first kappa shape index (κ1) is 29.5. The van der Waals surface area contributed by atoms with Crippen molar-refractivity contribution in [2.45, 2.75) is 19.3 Å². The fraction of sp³-hybridized carbons (Fsp3) is 0.0612. The first-order valence-electron chi connectivity index (χ1n) is 17.8. The van der Waals surface area contributed by atoms with Crippen LogP contribution < -0.4 is 4.90 Å². The van der Waals surface area contributed by atoms with E-state index in [0.717, 1.165) is 40.0 Å². The van der Waals surface area contributed by atoms with Gasteiger partial charge < -0.3 is 9.32 Å². The van der Waals surface area contributed by atoms with Crippen molar-refractivity contribution in [1.29, 1.82) is 0 Å². The molecule has 0 radical (unpaired) electrons. The zero-order valence-electron chi connectivity index (χ0n) is 28.4. The minimum Gasteiger partial charge on any atom is -0.456 e. The number of hydrogen-bond donors (Lipinski definition) is 0. The van der Waals surface area contributed by atoms with Crippen molar-refractivity contribution in [2.24, 2.45) is 0 Å². The Kier molecular flexibility index (Phi) is 6.89. The van der Waals surface area contributed by atoms with Crippen LogP contribution in [0.2, 0.25) is 0 Å². The van der Waals surface area contributed by atoms with Crippen molar-refractivity contribution in [3.8, 4) is 22.3 Å². The van der Waals surface area contributed by atoms with E-state index in [-0.39, 0.29) is 0 Å². The average Bonchev–Trinajstić information content (AvgIpc) is 3.58. The van der Waals surface area contributed by atoms with Gasteiger partial charge in [-0.2, -0.15) is 0 Å². The highest BCUT2D eigenvalue weighted by molar-refractivity contribution is 6.19. The lowest BCUT2D eigenvalue weighted by Gasteiger charge is -2.27. The van der Waals surface area contributed by atoms with Crippen molar-refractivity contribution >= 4 is 66.6 Å². The molecule has 0 saturated heterocycles. The van der Waals surface area contributed by atoms with E-state index in [1.165, 1.54) is 60.3 Å². The third-order valence-corrected chi connectivity index (χ3v) is 10.7. The van der Waals surface area contributed by atoms with Crippen molar-refractivity contribution in [1.82, 2.24) is 0 Å². The number of fused-ring (bicyclic) bond motifs is 8. The maximum Gasteiger partial charge on any atom is 0.136 e. The molecule has 1 aliphatic carbocycles. The Bertz CT molecular complexity index is 2790. The molecule has 0 aliphatic heterocycles. The van der Waals surface area contributed by atoms with Gasteiger partial charge in [-0.15, -0.1) is 0 Å². The zero-order valence-corrected chi connectivity index (χ0v) is 28.4. The predicted octanol–water partition coefficient (Wildman–Crippen LogP) is 14.2. The second-order valence-electron chi connectivity index (χ2n) is 13.8. The van der Waals surface area contributed by atoms with Crippen LogP contribution in [0.3, 0.4) is 0 Å².